The first-order valence-corrected chi connectivity index (χ1v) is 6.55. The van der Waals surface area contributed by atoms with Gasteiger partial charge in [-0.1, -0.05) is 35.9 Å². The first-order chi connectivity index (χ1) is 9.54. The van der Waals surface area contributed by atoms with Crippen LogP contribution in [0.5, 0.6) is 0 Å². The molecule has 0 aromatic heterocycles. The molecule has 0 atom stereocenters. The van der Waals surface area contributed by atoms with E-state index in [9.17, 15) is 9.59 Å². The lowest BCUT2D eigenvalue weighted by molar-refractivity contribution is 0.0952. The van der Waals surface area contributed by atoms with Crippen LogP contribution in [-0.2, 0) is 4.74 Å². The van der Waals surface area contributed by atoms with Crippen LogP contribution in [0.3, 0.4) is 0 Å². The van der Waals surface area contributed by atoms with E-state index in [-0.39, 0.29) is 25.6 Å². The summed E-state index contributed by atoms with van der Waals surface area (Å²) in [4.78, 5) is 22.8. The Balaban J connectivity index is 2.31. The summed E-state index contributed by atoms with van der Waals surface area (Å²) < 4.78 is 4.70. The summed E-state index contributed by atoms with van der Waals surface area (Å²) in [6.45, 7) is 4.08. The van der Waals surface area contributed by atoms with Crippen molar-refractivity contribution in [3.8, 4) is 0 Å². The number of rotatable bonds is 6. The van der Waals surface area contributed by atoms with Crippen molar-refractivity contribution in [3.63, 3.8) is 0 Å². The van der Waals surface area contributed by atoms with Crippen LogP contribution in [0.25, 0.3) is 0 Å². The fourth-order valence-corrected chi connectivity index (χ4v) is 1.56. The van der Waals surface area contributed by atoms with Crippen molar-refractivity contribution in [2.75, 3.05) is 19.7 Å². The molecule has 7 heteroatoms. The number of hydrogen-bond donors (Lipinski definition) is 2. The third-order valence-corrected chi connectivity index (χ3v) is 2.93. The molecular weight excluding hydrogens is 303 g/mol. The predicted molar refractivity (Wildman–Crippen MR) is 78.3 cm³/mol. The topological polar surface area (TPSA) is 67.4 Å². The Morgan fingerprint density at radius 1 is 1.20 bits per heavy atom. The molecule has 0 unspecified atom stereocenters. The van der Waals surface area contributed by atoms with Gasteiger partial charge < -0.3 is 15.4 Å². The van der Waals surface area contributed by atoms with E-state index in [0.717, 1.165) is 0 Å². The van der Waals surface area contributed by atoms with Gasteiger partial charge in [-0.05, 0) is 18.2 Å². The van der Waals surface area contributed by atoms with Crippen LogP contribution in [0, 0.1) is 0 Å². The lowest BCUT2D eigenvalue weighted by Crippen LogP contribution is -2.35. The summed E-state index contributed by atoms with van der Waals surface area (Å²) in [6.07, 6.45) is 0.903. The van der Waals surface area contributed by atoms with Crippen LogP contribution in [0.15, 0.2) is 30.9 Å². The molecule has 1 rings (SSSR count). The quantitative estimate of drug-likeness (QED) is 0.626. The van der Waals surface area contributed by atoms with Gasteiger partial charge in [-0.15, -0.1) is 0 Å². The largest absolute Gasteiger partial charge is 0.445 e. The molecule has 0 aliphatic heterocycles. The van der Waals surface area contributed by atoms with Crippen LogP contribution in [0.4, 0.5) is 4.79 Å². The van der Waals surface area contributed by atoms with Crippen LogP contribution >= 0.6 is 23.2 Å². The van der Waals surface area contributed by atoms with Crippen molar-refractivity contribution >= 4 is 35.2 Å². The monoisotopic (exact) mass is 316 g/mol. The third-order valence-electron chi connectivity index (χ3n) is 2.19. The molecule has 20 heavy (non-hydrogen) atoms. The summed E-state index contributed by atoms with van der Waals surface area (Å²) in [5.74, 6) is -0.301. The van der Waals surface area contributed by atoms with Crippen molar-refractivity contribution in [2.24, 2.45) is 0 Å². The van der Waals surface area contributed by atoms with Crippen molar-refractivity contribution in [2.45, 2.75) is 0 Å². The highest BCUT2D eigenvalue weighted by molar-refractivity contribution is 6.42. The average molecular weight is 317 g/mol. The average Bonchev–Trinajstić information content (AvgIpc) is 2.44. The van der Waals surface area contributed by atoms with E-state index in [2.05, 4.69) is 17.2 Å². The Bertz CT molecular complexity index is 506. The van der Waals surface area contributed by atoms with Crippen molar-refractivity contribution in [1.82, 2.24) is 10.6 Å². The molecule has 5 nitrogen and oxygen atoms in total. The van der Waals surface area contributed by atoms with E-state index in [1.165, 1.54) is 12.1 Å². The molecular formula is C13H14Cl2N2O3. The van der Waals surface area contributed by atoms with Crippen molar-refractivity contribution in [1.29, 1.82) is 0 Å². The molecule has 1 aromatic carbocycles. The Hall–Kier alpha value is -1.72. The maximum absolute atomic E-state index is 11.8. The zero-order chi connectivity index (χ0) is 15.0. The minimum absolute atomic E-state index is 0.140. The number of halogens is 2. The Morgan fingerprint density at radius 3 is 2.55 bits per heavy atom. The van der Waals surface area contributed by atoms with Gasteiger partial charge in [0.25, 0.3) is 5.91 Å². The van der Waals surface area contributed by atoms with Crippen molar-refractivity contribution in [3.05, 3.63) is 46.5 Å². The fourth-order valence-electron chi connectivity index (χ4n) is 1.27. The van der Waals surface area contributed by atoms with Gasteiger partial charge in [0.1, 0.15) is 6.61 Å². The number of amides is 2. The van der Waals surface area contributed by atoms with Gasteiger partial charge in [0.05, 0.1) is 10.0 Å². The van der Waals surface area contributed by atoms with Gasteiger partial charge in [0, 0.05) is 18.7 Å². The highest BCUT2D eigenvalue weighted by Gasteiger charge is 2.07. The van der Waals surface area contributed by atoms with Crippen LogP contribution in [-0.4, -0.2) is 31.7 Å². The molecule has 0 fully saturated rings. The summed E-state index contributed by atoms with van der Waals surface area (Å²) in [5.41, 5.74) is 0.397. The molecule has 2 amide bonds. The second-order valence-electron chi connectivity index (χ2n) is 3.70. The second kappa shape index (κ2) is 8.45. The molecule has 0 saturated heterocycles. The van der Waals surface area contributed by atoms with E-state index >= 15 is 0 Å². The van der Waals surface area contributed by atoms with E-state index in [4.69, 9.17) is 27.9 Å². The number of benzene rings is 1. The molecule has 0 radical (unpaired) electrons. The van der Waals surface area contributed by atoms with Crippen LogP contribution in [0.2, 0.25) is 10.0 Å². The zero-order valence-electron chi connectivity index (χ0n) is 10.6. The van der Waals surface area contributed by atoms with Gasteiger partial charge in [-0.2, -0.15) is 0 Å². The number of carbonyl (C=O) groups excluding carboxylic acids is 2. The highest BCUT2D eigenvalue weighted by Crippen LogP contribution is 2.22. The smallest absolute Gasteiger partial charge is 0.407 e. The molecule has 0 heterocycles. The molecule has 0 spiro atoms. The maximum atomic E-state index is 11.8. The molecule has 0 bridgehead atoms. The molecule has 1 aromatic rings. The maximum Gasteiger partial charge on any atom is 0.407 e. The molecule has 2 N–H and O–H groups in total. The van der Waals surface area contributed by atoms with E-state index in [0.29, 0.717) is 15.6 Å². The SMILES string of the molecule is C=CCOC(=O)NCCNC(=O)c1ccc(Cl)c(Cl)c1. The van der Waals surface area contributed by atoms with E-state index in [1.807, 2.05) is 0 Å². The number of hydrogen-bond acceptors (Lipinski definition) is 3. The Morgan fingerprint density at radius 2 is 1.90 bits per heavy atom. The number of nitrogens with one attached hydrogen (secondary N) is 2. The van der Waals surface area contributed by atoms with E-state index < -0.39 is 6.09 Å². The summed E-state index contributed by atoms with van der Waals surface area (Å²) >= 11 is 11.6. The van der Waals surface area contributed by atoms with Crippen LogP contribution < -0.4 is 10.6 Å². The Kier molecular flexibility index (Phi) is 6.90. The van der Waals surface area contributed by atoms with Gasteiger partial charge in [-0.25, -0.2) is 4.79 Å². The first-order valence-electron chi connectivity index (χ1n) is 5.79. The Labute approximate surface area is 126 Å². The minimum atomic E-state index is -0.561. The summed E-state index contributed by atoms with van der Waals surface area (Å²) in [6, 6.07) is 4.59. The first kappa shape index (κ1) is 16.3. The summed E-state index contributed by atoms with van der Waals surface area (Å²) in [5, 5.41) is 5.79. The third kappa shape index (κ3) is 5.50. The number of ether oxygens (including phenoxy) is 1. The van der Waals surface area contributed by atoms with E-state index in [1.54, 1.807) is 12.1 Å². The molecule has 0 saturated carbocycles. The van der Waals surface area contributed by atoms with Gasteiger partial charge >= 0.3 is 6.09 Å². The van der Waals surface area contributed by atoms with Crippen LogP contribution in [0.1, 0.15) is 10.4 Å². The molecule has 0 aliphatic carbocycles. The minimum Gasteiger partial charge on any atom is -0.445 e. The number of alkyl carbamates (subject to hydrolysis) is 1. The lowest BCUT2D eigenvalue weighted by atomic mass is 10.2. The summed E-state index contributed by atoms with van der Waals surface area (Å²) in [7, 11) is 0. The van der Waals surface area contributed by atoms with Gasteiger partial charge in [-0.3, -0.25) is 4.79 Å². The van der Waals surface area contributed by atoms with Crippen molar-refractivity contribution < 1.29 is 14.3 Å². The van der Waals surface area contributed by atoms with Gasteiger partial charge in [0.2, 0.25) is 0 Å². The lowest BCUT2D eigenvalue weighted by Gasteiger charge is -2.07. The molecule has 108 valence electrons. The number of carbonyl (C=O) groups is 2. The zero-order valence-corrected chi connectivity index (χ0v) is 12.1. The standard InChI is InChI=1S/C13H14Cl2N2O3/c1-2-7-20-13(19)17-6-5-16-12(18)9-3-4-10(14)11(15)8-9/h2-4,8H,1,5-7H2,(H,16,18)(H,17,19). The predicted octanol–water partition coefficient (Wildman–Crippen LogP) is 2.64. The molecule has 0 aliphatic rings. The fraction of sp³-hybridized carbons (Fsp3) is 0.231. The second-order valence-corrected chi connectivity index (χ2v) is 4.51. The van der Waals surface area contributed by atoms with Gasteiger partial charge in [0.15, 0.2) is 0 Å². The normalized spacial score (nSPS) is 9.70. The highest BCUT2D eigenvalue weighted by atomic mass is 35.5.